The quantitative estimate of drug-likeness (QED) is 0.221. The van der Waals surface area contributed by atoms with Crippen LogP contribution in [0.25, 0.3) is 11.3 Å². The van der Waals surface area contributed by atoms with E-state index in [4.69, 9.17) is 0 Å². The van der Waals surface area contributed by atoms with E-state index in [2.05, 4.69) is 41.8 Å². The fourth-order valence-corrected chi connectivity index (χ4v) is 9.36. The number of amides is 2. The molecule has 11 nitrogen and oxygen atoms in total. The first kappa shape index (κ1) is 39.2. The fourth-order valence-electron chi connectivity index (χ4n) is 9.36. The summed E-state index contributed by atoms with van der Waals surface area (Å²) in [6.07, 6.45) is 10.0. The number of alkyl halides is 1. The van der Waals surface area contributed by atoms with Crippen molar-refractivity contribution in [3.05, 3.63) is 60.3 Å². The normalized spacial score (nSPS) is 24.5. The Bertz CT molecular complexity index is 1870. The average molecular weight is 788 g/mol. The molecule has 1 aromatic heterocycles. The van der Waals surface area contributed by atoms with Crippen LogP contribution in [0.3, 0.4) is 0 Å². The molecule has 8 rings (SSSR count). The number of aromatic nitrogens is 2. The van der Waals surface area contributed by atoms with E-state index in [1.807, 2.05) is 34.1 Å². The molecule has 4 aliphatic heterocycles. The molecule has 4 saturated heterocycles. The second kappa shape index (κ2) is 17.5. The van der Waals surface area contributed by atoms with Gasteiger partial charge in [-0.15, -0.1) is 0 Å². The third kappa shape index (κ3) is 9.42. The number of anilines is 4. The van der Waals surface area contributed by atoms with E-state index in [-0.39, 0.29) is 41.3 Å². The molecule has 1 atom stereocenters. The molecule has 1 aliphatic carbocycles. The Morgan fingerprint density at radius 2 is 1.60 bits per heavy atom. The van der Waals surface area contributed by atoms with E-state index >= 15 is 8.78 Å². The molecular formula is C43H56F3N9O2. The van der Waals surface area contributed by atoms with Gasteiger partial charge in [-0.25, -0.2) is 23.1 Å². The summed E-state index contributed by atoms with van der Waals surface area (Å²) in [5, 5.41) is 9.39. The standard InChI is InChI=1S/C43H56F3N9O2/c44-35-27-33(49-37-8-5-17-47-40(37)56)13-14-38(35)54-24-22-52(23-25-54)29-43(46)15-20-55(21-16-43)41(57)30-9-11-32(12-10-30)50-42-48-28-36(45)39(51-42)31-6-4-7-34(26-31)53-18-2-1-3-19-53/h4,6-7,13-14,26-28,30,32,37,49H,1-3,5,8-12,15-25,29H2,(H,47,56)(H,48,50,51). The van der Waals surface area contributed by atoms with Crippen molar-refractivity contribution < 1.29 is 22.8 Å². The molecule has 3 N–H and O–H groups in total. The van der Waals surface area contributed by atoms with Crippen molar-refractivity contribution in [2.45, 2.75) is 88.4 Å². The van der Waals surface area contributed by atoms with Gasteiger partial charge in [-0.05, 0) is 88.1 Å². The van der Waals surface area contributed by atoms with Gasteiger partial charge in [-0.3, -0.25) is 14.5 Å². The number of rotatable bonds is 10. The van der Waals surface area contributed by atoms with Crippen LogP contribution < -0.4 is 25.8 Å². The molecule has 2 aromatic carbocycles. The number of hydrogen-bond acceptors (Lipinski definition) is 9. The third-order valence-electron chi connectivity index (χ3n) is 12.8. The summed E-state index contributed by atoms with van der Waals surface area (Å²) in [5.41, 5.74) is 1.83. The third-order valence-corrected chi connectivity index (χ3v) is 12.8. The van der Waals surface area contributed by atoms with Gasteiger partial charge in [0.1, 0.15) is 23.2 Å². The molecule has 2 amide bonds. The first-order valence-corrected chi connectivity index (χ1v) is 21.1. The maximum absolute atomic E-state index is 16.2. The molecule has 5 aliphatic rings. The SMILES string of the molecule is O=C1NCCCC1Nc1ccc(N2CCN(CC3(F)CCN(C(=O)C4CCC(Nc5ncc(F)c(-c6cccc(N7CCCCC7)c6)n5)CC4)CC3)CC2)c(F)c1. The highest BCUT2D eigenvalue weighted by atomic mass is 19.1. The van der Waals surface area contributed by atoms with E-state index in [0.717, 1.165) is 75.7 Å². The molecule has 0 bridgehead atoms. The first-order chi connectivity index (χ1) is 27.7. The number of halogens is 3. The van der Waals surface area contributed by atoms with Crippen molar-refractivity contribution in [3.63, 3.8) is 0 Å². The molecule has 0 spiro atoms. The Morgan fingerprint density at radius 3 is 2.33 bits per heavy atom. The van der Waals surface area contributed by atoms with E-state index in [1.54, 1.807) is 6.07 Å². The predicted molar refractivity (Wildman–Crippen MR) is 217 cm³/mol. The molecule has 0 radical (unpaired) electrons. The molecular weight excluding hydrogens is 732 g/mol. The van der Waals surface area contributed by atoms with Gasteiger partial charge in [0.05, 0.1) is 11.9 Å². The molecule has 57 heavy (non-hydrogen) atoms. The monoisotopic (exact) mass is 787 g/mol. The summed E-state index contributed by atoms with van der Waals surface area (Å²) in [7, 11) is 0. The fraction of sp³-hybridized carbons (Fsp3) is 0.581. The van der Waals surface area contributed by atoms with E-state index < -0.39 is 11.5 Å². The van der Waals surface area contributed by atoms with Gasteiger partial charge >= 0.3 is 0 Å². The number of carbonyl (C=O) groups excluding carboxylic acids is 2. The average Bonchev–Trinajstić information content (AvgIpc) is 3.23. The Balaban J connectivity index is 0.768. The van der Waals surface area contributed by atoms with Crippen LogP contribution in [0.4, 0.5) is 36.2 Å². The highest BCUT2D eigenvalue weighted by Crippen LogP contribution is 2.34. The maximum Gasteiger partial charge on any atom is 0.242 e. The molecule has 5 heterocycles. The van der Waals surface area contributed by atoms with Crippen LogP contribution in [0.15, 0.2) is 48.7 Å². The van der Waals surface area contributed by atoms with Crippen LogP contribution >= 0.6 is 0 Å². The number of piperazine rings is 1. The van der Waals surface area contributed by atoms with Gasteiger partial charge in [0.25, 0.3) is 0 Å². The Labute approximate surface area is 333 Å². The van der Waals surface area contributed by atoms with Crippen molar-refractivity contribution in [1.29, 1.82) is 0 Å². The Morgan fingerprint density at radius 1 is 0.825 bits per heavy atom. The van der Waals surface area contributed by atoms with Crippen molar-refractivity contribution >= 4 is 34.8 Å². The van der Waals surface area contributed by atoms with Crippen LogP contribution in [0.1, 0.15) is 70.6 Å². The highest BCUT2D eigenvalue weighted by Gasteiger charge is 2.40. The number of piperidine rings is 3. The second-order valence-electron chi connectivity index (χ2n) is 16.7. The van der Waals surface area contributed by atoms with Crippen molar-refractivity contribution in [2.24, 2.45) is 5.92 Å². The molecule has 1 unspecified atom stereocenters. The zero-order valence-electron chi connectivity index (χ0n) is 32.8. The number of hydrogen-bond donors (Lipinski definition) is 3. The lowest BCUT2D eigenvalue weighted by Crippen LogP contribution is -2.54. The smallest absolute Gasteiger partial charge is 0.242 e. The van der Waals surface area contributed by atoms with Crippen LogP contribution in [0.5, 0.6) is 0 Å². The predicted octanol–water partition coefficient (Wildman–Crippen LogP) is 6.23. The number of nitrogens with zero attached hydrogens (tertiary/aromatic N) is 6. The summed E-state index contributed by atoms with van der Waals surface area (Å²) >= 11 is 0. The van der Waals surface area contributed by atoms with E-state index in [9.17, 15) is 14.0 Å². The number of benzene rings is 2. The minimum atomic E-state index is -1.37. The van der Waals surface area contributed by atoms with Crippen LogP contribution in [-0.2, 0) is 9.59 Å². The van der Waals surface area contributed by atoms with Gasteiger partial charge in [-0.1, -0.05) is 12.1 Å². The number of carbonyl (C=O) groups is 2. The summed E-state index contributed by atoms with van der Waals surface area (Å²) < 4.78 is 46.4. The minimum Gasteiger partial charge on any atom is -0.374 e. The highest BCUT2D eigenvalue weighted by molar-refractivity contribution is 5.85. The van der Waals surface area contributed by atoms with Crippen LogP contribution in [-0.4, -0.2) is 115 Å². The topological polar surface area (TPSA) is 109 Å². The maximum atomic E-state index is 16.2. The molecule has 5 fully saturated rings. The van der Waals surface area contributed by atoms with Crippen molar-refractivity contribution in [1.82, 2.24) is 25.1 Å². The summed E-state index contributed by atoms with van der Waals surface area (Å²) in [4.78, 5) is 42.8. The molecule has 14 heteroatoms. The van der Waals surface area contributed by atoms with Crippen LogP contribution in [0, 0.1) is 17.6 Å². The Hall–Kier alpha value is -4.59. The summed E-state index contributed by atoms with van der Waals surface area (Å²) in [6.45, 7) is 6.26. The lowest BCUT2D eigenvalue weighted by Gasteiger charge is -2.43. The number of likely N-dealkylation sites (tertiary alicyclic amines) is 1. The van der Waals surface area contributed by atoms with Gasteiger partial charge in [0.2, 0.25) is 17.8 Å². The van der Waals surface area contributed by atoms with Crippen molar-refractivity contribution in [2.75, 3.05) is 85.9 Å². The summed E-state index contributed by atoms with van der Waals surface area (Å²) in [5.74, 6) is -0.443. The van der Waals surface area contributed by atoms with Gasteiger partial charge < -0.3 is 30.7 Å². The largest absolute Gasteiger partial charge is 0.374 e. The number of nitrogens with one attached hydrogen (secondary N) is 3. The zero-order valence-corrected chi connectivity index (χ0v) is 32.8. The van der Waals surface area contributed by atoms with Crippen molar-refractivity contribution in [3.8, 4) is 11.3 Å². The first-order valence-electron chi connectivity index (χ1n) is 21.1. The lowest BCUT2D eigenvalue weighted by molar-refractivity contribution is -0.139. The Kier molecular flexibility index (Phi) is 12.0. The minimum absolute atomic E-state index is 0.0591. The van der Waals surface area contributed by atoms with Crippen LogP contribution in [0.2, 0.25) is 0 Å². The van der Waals surface area contributed by atoms with Gasteiger partial charge in [0, 0.05) is 107 Å². The molecule has 306 valence electrons. The van der Waals surface area contributed by atoms with E-state index in [0.29, 0.717) is 82.5 Å². The van der Waals surface area contributed by atoms with Gasteiger partial charge in [-0.2, -0.15) is 0 Å². The second-order valence-corrected chi connectivity index (χ2v) is 16.7. The summed E-state index contributed by atoms with van der Waals surface area (Å²) in [6, 6.07) is 12.7. The van der Waals surface area contributed by atoms with E-state index in [1.165, 1.54) is 18.7 Å². The zero-order chi connectivity index (χ0) is 39.4. The van der Waals surface area contributed by atoms with Gasteiger partial charge in [0.15, 0.2) is 5.82 Å². The lowest BCUT2D eigenvalue weighted by atomic mass is 9.84. The molecule has 1 saturated carbocycles. The molecule has 3 aromatic rings.